The van der Waals surface area contributed by atoms with Gasteiger partial charge in [0.15, 0.2) is 0 Å². The minimum atomic E-state index is -5.37. The van der Waals surface area contributed by atoms with Crippen LogP contribution in [0.4, 0.5) is 17.6 Å². The molecule has 7 nitrogen and oxygen atoms in total. The van der Waals surface area contributed by atoms with E-state index in [0.717, 1.165) is 30.8 Å². The molecule has 0 amide bonds. The van der Waals surface area contributed by atoms with E-state index in [1.807, 2.05) is 0 Å². The first-order chi connectivity index (χ1) is 14.2. The van der Waals surface area contributed by atoms with Gasteiger partial charge >= 0.3 is 30.7 Å². The third-order valence-electron chi connectivity index (χ3n) is 3.62. The van der Waals surface area contributed by atoms with E-state index in [9.17, 15) is 34.4 Å². The van der Waals surface area contributed by atoms with E-state index >= 15 is 0 Å². The molecule has 0 fully saturated rings. The van der Waals surface area contributed by atoms with E-state index < -0.39 is 49.5 Å². The van der Waals surface area contributed by atoms with Gasteiger partial charge in [-0.2, -0.15) is 34.4 Å². The number of hydrogen-bond donors (Lipinski definition) is 1. The van der Waals surface area contributed by atoms with Crippen LogP contribution in [0.15, 0.2) is 58.3 Å². The average Bonchev–Trinajstić information content (AvgIpc) is 2.70. The van der Waals surface area contributed by atoms with Crippen molar-refractivity contribution in [3.63, 3.8) is 0 Å². The van der Waals surface area contributed by atoms with E-state index in [4.69, 9.17) is 5.11 Å². The van der Waals surface area contributed by atoms with E-state index in [0.29, 0.717) is 9.79 Å². The van der Waals surface area contributed by atoms with Crippen LogP contribution in [-0.4, -0.2) is 39.1 Å². The zero-order valence-corrected chi connectivity index (χ0v) is 18.1. The van der Waals surface area contributed by atoms with Crippen LogP contribution in [0.5, 0.6) is 11.5 Å². The van der Waals surface area contributed by atoms with Gasteiger partial charge in [0.05, 0.1) is 0 Å². The molecule has 0 radical (unpaired) electrons. The summed E-state index contributed by atoms with van der Waals surface area (Å²) in [6.45, 7) is -0.926. The fraction of sp³-hybridized carbons (Fsp3) is 0.294. The molecule has 0 aliphatic heterocycles. The Kier molecular flexibility index (Phi) is 7.51. The molecule has 14 heteroatoms. The highest BCUT2D eigenvalue weighted by atomic mass is 32.2. The zero-order valence-electron chi connectivity index (χ0n) is 15.7. The highest BCUT2D eigenvalue weighted by Crippen LogP contribution is 2.33. The average molecular weight is 505 g/mol. The van der Waals surface area contributed by atoms with Crippen LogP contribution in [0.25, 0.3) is 0 Å². The molecule has 31 heavy (non-hydrogen) atoms. The topological polar surface area (TPSA) is 107 Å². The van der Waals surface area contributed by atoms with Gasteiger partial charge in [-0.3, -0.25) is 0 Å². The van der Waals surface area contributed by atoms with Crippen molar-refractivity contribution in [2.45, 2.75) is 33.6 Å². The largest absolute Gasteiger partial charge is 0.402 e. The molecule has 0 aromatic heterocycles. The first-order valence-corrected chi connectivity index (χ1v) is 12.0. The van der Waals surface area contributed by atoms with Crippen molar-refractivity contribution in [2.24, 2.45) is 0 Å². The zero-order chi connectivity index (χ0) is 23.5. The number of aliphatic hydroxyl groups is 1. The van der Waals surface area contributed by atoms with Crippen LogP contribution >= 0.6 is 11.8 Å². The van der Waals surface area contributed by atoms with Crippen LogP contribution in [0.1, 0.15) is 13.3 Å². The Morgan fingerprint density at radius 3 is 1.45 bits per heavy atom. The maximum Gasteiger partial charge on any atom is 0.402 e. The Labute approximate surface area is 180 Å². The highest BCUT2D eigenvalue weighted by molar-refractivity contribution is 7.99. The van der Waals surface area contributed by atoms with Gasteiger partial charge in [0.2, 0.25) is 0 Å². The molecule has 0 spiro atoms. The third kappa shape index (κ3) is 6.02. The molecule has 2 aromatic rings. The van der Waals surface area contributed by atoms with Crippen molar-refractivity contribution < 1.29 is 47.9 Å². The molecule has 2 aromatic carbocycles. The number of alkyl halides is 4. The summed E-state index contributed by atoms with van der Waals surface area (Å²) in [5.74, 6) is -0.709. The number of benzene rings is 2. The molecule has 1 N–H and O–H groups in total. The normalized spacial score (nSPS) is 13.1. The maximum absolute atomic E-state index is 13.4. The van der Waals surface area contributed by atoms with Crippen LogP contribution in [0, 0.1) is 0 Å². The summed E-state index contributed by atoms with van der Waals surface area (Å²) >= 11 is 1.11. The Morgan fingerprint density at radius 2 is 1.13 bits per heavy atom. The quantitative estimate of drug-likeness (QED) is 0.384. The Bertz CT molecular complexity index is 1010. The van der Waals surface area contributed by atoms with Gasteiger partial charge in [-0.05, 0) is 48.5 Å². The number of halogens is 4. The van der Waals surface area contributed by atoms with Crippen molar-refractivity contribution in [1.29, 1.82) is 0 Å². The van der Waals surface area contributed by atoms with Gasteiger partial charge in [0, 0.05) is 16.2 Å². The molecule has 0 bridgehead atoms. The molecule has 0 heterocycles. The van der Waals surface area contributed by atoms with E-state index in [1.54, 1.807) is 0 Å². The molecule has 0 atom stereocenters. The monoisotopic (exact) mass is 504 g/mol. The molecule has 0 aliphatic carbocycles. The fourth-order valence-electron chi connectivity index (χ4n) is 1.89. The predicted molar refractivity (Wildman–Crippen MR) is 103 cm³/mol. The summed E-state index contributed by atoms with van der Waals surface area (Å²) in [6, 6.07) is 10.1. The van der Waals surface area contributed by atoms with Gasteiger partial charge in [-0.15, -0.1) is 0 Å². The minimum Gasteiger partial charge on any atom is -0.389 e. The lowest BCUT2D eigenvalue weighted by Gasteiger charge is -2.15. The third-order valence-corrected chi connectivity index (χ3v) is 7.34. The van der Waals surface area contributed by atoms with Crippen LogP contribution < -0.4 is 8.37 Å². The van der Waals surface area contributed by atoms with E-state index in [1.165, 1.54) is 36.4 Å². The van der Waals surface area contributed by atoms with Gasteiger partial charge in [0.25, 0.3) is 0 Å². The second kappa shape index (κ2) is 9.22. The minimum absolute atomic E-state index is 0.309. The van der Waals surface area contributed by atoms with Crippen LogP contribution in [-0.2, 0) is 20.2 Å². The molecule has 0 saturated heterocycles. The lowest BCUT2D eigenvalue weighted by Crippen LogP contribution is -2.36. The van der Waals surface area contributed by atoms with Crippen LogP contribution in [0.2, 0.25) is 0 Å². The molecule has 172 valence electrons. The van der Waals surface area contributed by atoms with Crippen molar-refractivity contribution >= 4 is 32.0 Å². The van der Waals surface area contributed by atoms with Gasteiger partial charge < -0.3 is 13.5 Å². The maximum atomic E-state index is 13.4. The Balaban J connectivity index is 2.06. The Hall–Kier alpha value is -2.03. The first-order valence-electron chi connectivity index (χ1n) is 8.35. The SMILES string of the molecule is CCC(F)(F)S(=O)(=O)Oc1ccc(Sc2ccc(OS(=O)(=O)C(F)(F)CO)cc2)cc1. The molecule has 2 rings (SSSR count). The summed E-state index contributed by atoms with van der Waals surface area (Å²) < 4.78 is 108. The first kappa shape index (κ1) is 25.2. The predicted octanol–water partition coefficient (Wildman–Crippen LogP) is 3.84. The lowest BCUT2D eigenvalue weighted by molar-refractivity contribution is 0.0197. The lowest BCUT2D eigenvalue weighted by atomic mass is 10.3. The van der Waals surface area contributed by atoms with E-state index in [2.05, 4.69) is 8.37 Å². The summed E-state index contributed by atoms with van der Waals surface area (Å²) in [6.07, 6.45) is -0.943. The second-order valence-electron chi connectivity index (χ2n) is 5.91. The summed E-state index contributed by atoms with van der Waals surface area (Å²) in [5, 5.41) is -0.0302. The molecular weight excluding hydrogens is 488 g/mol. The number of hydrogen-bond acceptors (Lipinski definition) is 8. The number of rotatable bonds is 10. The summed E-state index contributed by atoms with van der Waals surface area (Å²) in [5.41, 5.74) is 0. The van der Waals surface area contributed by atoms with Crippen molar-refractivity contribution in [1.82, 2.24) is 0 Å². The van der Waals surface area contributed by atoms with Gasteiger partial charge in [-0.1, -0.05) is 18.7 Å². The van der Waals surface area contributed by atoms with Gasteiger partial charge in [-0.25, -0.2) is 0 Å². The fourth-order valence-corrected chi connectivity index (χ4v) is 4.19. The summed E-state index contributed by atoms with van der Waals surface area (Å²) in [7, 11) is -10.5. The van der Waals surface area contributed by atoms with Crippen molar-refractivity contribution in [3.05, 3.63) is 48.5 Å². The molecule has 0 aliphatic rings. The summed E-state index contributed by atoms with van der Waals surface area (Å²) in [4.78, 5) is 1.07. The van der Waals surface area contributed by atoms with Crippen molar-refractivity contribution in [2.75, 3.05) is 6.61 Å². The standard InChI is InChI=1S/C17H16F4O7S3/c1-2-16(18,19)30(23,24)27-12-3-7-14(8-4-12)29-15-9-5-13(6-10-15)28-31(25,26)17(20,21)11-22/h3-10,22H,2,11H2,1H3. The highest BCUT2D eigenvalue weighted by Gasteiger charge is 2.47. The van der Waals surface area contributed by atoms with Crippen molar-refractivity contribution in [3.8, 4) is 11.5 Å². The second-order valence-corrected chi connectivity index (χ2v) is 10.4. The molecular formula is C17H16F4O7S3. The molecule has 0 saturated carbocycles. The van der Waals surface area contributed by atoms with Gasteiger partial charge in [0.1, 0.15) is 18.1 Å². The van der Waals surface area contributed by atoms with E-state index in [-0.39, 0.29) is 5.75 Å². The smallest absolute Gasteiger partial charge is 0.389 e. The number of aliphatic hydroxyl groups excluding tert-OH is 1. The Morgan fingerprint density at radius 1 is 0.774 bits per heavy atom. The molecule has 0 unspecified atom stereocenters. The van der Waals surface area contributed by atoms with Crippen LogP contribution in [0.3, 0.4) is 0 Å².